The molecular weight excluding hydrogens is 232 g/mol. The van der Waals surface area contributed by atoms with Crippen molar-refractivity contribution in [3.05, 3.63) is 0 Å². The molecule has 17 heavy (non-hydrogen) atoms. The maximum Gasteiger partial charge on any atom is 0.237 e. The smallest absolute Gasteiger partial charge is 0.237 e. The van der Waals surface area contributed by atoms with Crippen molar-refractivity contribution in [2.24, 2.45) is 11.7 Å². The summed E-state index contributed by atoms with van der Waals surface area (Å²) in [5, 5.41) is 3.11. The van der Waals surface area contributed by atoms with Gasteiger partial charge in [-0.05, 0) is 43.6 Å². The van der Waals surface area contributed by atoms with Gasteiger partial charge < -0.3 is 11.1 Å². The van der Waals surface area contributed by atoms with Crippen LogP contribution in [0.4, 0.5) is 0 Å². The summed E-state index contributed by atoms with van der Waals surface area (Å²) in [6.45, 7) is 2.30. The van der Waals surface area contributed by atoms with Gasteiger partial charge in [-0.2, -0.15) is 11.8 Å². The van der Waals surface area contributed by atoms with Gasteiger partial charge in [0.15, 0.2) is 0 Å². The molecule has 0 heterocycles. The summed E-state index contributed by atoms with van der Waals surface area (Å²) >= 11 is 1.74. The van der Waals surface area contributed by atoms with E-state index >= 15 is 0 Å². The van der Waals surface area contributed by atoms with Crippen LogP contribution < -0.4 is 11.1 Å². The fourth-order valence-corrected chi connectivity index (χ4v) is 2.81. The van der Waals surface area contributed by atoms with E-state index in [9.17, 15) is 4.79 Å². The first-order chi connectivity index (χ1) is 8.13. The SMILES string of the molecule is CSCC[C@@H](N)C(=O)NC1CCCC(C)CC1. The third-order valence-electron chi connectivity index (χ3n) is 3.57. The molecule has 0 bridgehead atoms. The standard InChI is InChI=1S/C13H26N2OS/c1-10-4-3-5-11(7-6-10)15-13(16)12(14)8-9-17-2/h10-12H,3-9,14H2,1-2H3,(H,15,16)/t10?,11?,12-/m1/s1. The lowest BCUT2D eigenvalue weighted by Crippen LogP contribution is -2.45. The van der Waals surface area contributed by atoms with Gasteiger partial charge in [-0.3, -0.25) is 4.79 Å². The number of thioether (sulfide) groups is 1. The topological polar surface area (TPSA) is 55.1 Å². The number of carbonyl (C=O) groups excluding carboxylic acids is 1. The van der Waals surface area contributed by atoms with Crippen molar-refractivity contribution in [3.8, 4) is 0 Å². The van der Waals surface area contributed by atoms with Crippen molar-refractivity contribution in [1.82, 2.24) is 5.32 Å². The van der Waals surface area contributed by atoms with E-state index in [-0.39, 0.29) is 11.9 Å². The van der Waals surface area contributed by atoms with Crippen LogP contribution in [0.25, 0.3) is 0 Å². The molecule has 100 valence electrons. The van der Waals surface area contributed by atoms with Crippen LogP contribution in [-0.4, -0.2) is 30.0 Å². The molecule has 2 unspecified atom stereocenters. The van der Waals surface area contributed by atoms with Crippen molar-refractivity contribution in [1.29, 1.82) is 0 Å². The van der Waals surface area contributed by atoms with Crippen LogP contribution in [0.5, 0.6) is 0 Å². The molecule has 0 aromatic carbocycles. The van der Waals surface area contributed by atoms with Crippen LogP contribution >= 0.6 is 11.8 Å². The Morgan fingerprint density at radius 1 is 1.41 bits per heavy atom. The van der Waals surface area contributed by atoms with E-state index in [0.29, 0.717) is 6.04 Å². The molecule has 1 aliphatic rings. The zero-order chi connectivity index (χ0) is 12.7. The summed E-state index contributed by atoms with van der Waals surface area (Å²) in [4.78, 5) is 11.9. The largest absolute Gasteiger partial charge is 0.352 e. The molecule has 1 fully saturated rings. The predicted molar refractivity (Wildman–Crippen MR) is 75.2 cm³/mol. The molecule has 3 N–H and O–H groups in total. The van der Waals surface area contributed by atoms with Gasteiger partial charge in [0.2, 0.25) is 5.91 Å². The number of carbonyl (C=O) groups is 1. The van der Waals surface area contributed by atoms with E-state index in [4.69, 9.17) is 5.73 Å². The van der Waals surface area contributed by atoms with Crippen molar-refractivity contribution in [2.75, 3.05) is 12.0 Å². The average Bonchev–Trinajstić information content (AvgIpc) is 2.51. The number of amides is 1. The minimum atomic E-state index is -0.330. The fourth-order valence-electron chi connectivity index (χ4n) is 2.32. The molecule has 0 radical (unpaired) electrons. The molecule has 1 rings (SSSR count). The van der Waals surface area contributed by atoms with Crippen molar-refractivity contribution in [2.45, 2.75) is 57.5 Å². The van der Waals surface area contributed by atoms with Gasteiger partial charge in [-0.25, -0.2) is 0 Å². The zero-order valence-electron chi connectivity index (χ0n) is 11.1. The Morgan fingerprint density at radius 2 is 2.18 bits per heavy atom. The average molecular weight is 258 g/mol. The molecular formula is C13H26N2OS. The number of nitrogens with one attached hydrogen (secondary N) is 1. The Morgan fingerprint density at radius 3 is 2.88 bits per heavy atom. The first-order valence-corrected chi connectivity index (χ1v) is 8.07. The van der Waals surface area contributed by atoms with Gasteiger partial charge in [0.25, 0.3) is 0 Å². The Kier molecular flexibility index (Phi) is 6.97. The van der Waals surface area contributed by atoms with Crippen molar-refractivity contribution in [3.63, 3.8) is 0 Å². The van der Waals surface area contributed by atoms with E-state index in [1.165, 1.54) is 19.3 Å². The lowest BCUT2D eigenvalue weighted by atomic mass is 10.0. The lowest BCUT2D eigenvalue weighted by molar-refractivity contribution is -0.123. The third-order valence-corrected chi connectivity index (χ3v) is 4.22. The van der Waals surface area contributed by atoms with Crippen LogP contribution in [0.2, 0.25) is 0 Å². The highest BCUT2D eigenvalue weighted by molar-refractivity contribution is 7.98. The van der Waals surface area contributed by atoms with Crippen LogP contribution in [0.15, 0.2) is 0 Å². The molecule has 0 saturated heterocycles. The van der Waals surface area contributed by atoms with Gasteiger partial charge in [-0.15, -0.1) is 0 Å². The van der Waals surface area contributed by atoms with Crippen LogP contribution in [0.1, 0.15) is 45.4 Å². The number of hydrogen-bond acceptors (Lipinski definition) is 3. The number of hydrogen-bond donors (Lipinski definition) is 2. The minimum Gasteiger partial charge on any atom is -0.352 e. The first kappa shape index (κ1) is 14.8. The number of nitrogens with two attached hydrogens (primary N) is 1. The third kappa shape index (κ3) is 5.77. The van der Waals surface area contributed by atoms with Crippen LogP contribution in [0, 0.1) is 5.92 Å². The highest BCUT2D eigenvalue weighted by atomic mass is 32.2. The predicted octanol–water partition coefficient (Wildman–Crippen LogP) is 2.15. The normalized spacial score (nSPS) is 27.2. The first-order valence-electron chi connectivity index (χ1n) is 6.68. The molecule has 3 nitrogen and oxygen atoms in total. The quantitative estimate of drug-likeness (QED) is 0.743. The Hall–Kier alpha value is -0.220. The Balaban J connectivity index is 2.29. The summed E-state index contributed by atoms with van der Waals surface area (Å²) in [6, 6.07) is 0.0240. The molecule has 1 amide bonds. The molecule has 0 aliphatic heterocycles. The maximum atomic E-state index is 11.9. The van der Waals surface area contributed by atoms with Crippen molar-refractivity contribution < 1.29 is 4.79 Å². The zero-order valence-corrected chi connectivity index (χ0v) is 11.9. The van der Waals surface area contributed by atoms with Gasteiger partial charge in [-0.1, -0.05) is 19.8 Å². The van der Waals surface area contributed by atoms with E-state index in [1.807, 2.05) is 6.26 Å². The molecule has 1 aliphatic carbocycles. The van der Waals surface area contributed by atoms with E-state index < -0.39 is 0 Å². The summed E-state index contributed by atoms with van der Waals surface area (Å²) < 4.78 is 0. The second-order valence-corrected chi connectivity index (χ2v) is 6.19. The van der Waals surface area contributed by atoms with Crippen LogP contribution in [0.3, 0.4) is 0 Å². The molecule has 0 aromatic rings. The lowest BCUT2D eigenvalue weighted by Gasteiger charge is -2.19. The summed E-state index contributed by atoms with van der Waals surface area (Å²) in [5.74, 6) is 1.80. The summed E-state index contributed by atoms with van der Waals surface area (Å²) in [5.41, 5.74) is 5.86. The molecule has 4 heteroatoms. The monoisotopic (exact) mass is 258 g/mol. The molecule has 1 saturated carbocycles. The second kappa shape index (κ2) is 7.98. The molecule has 0 aromatic heterocycles. The fraction of sp³-hybridized carbons (Fsp3) is 0.923. The van der Waals surface area contributed by atoms with Crippen molar-refractivity contribution >= 4 is 17.7 Å². The molecule has 0 spiro atoms. The Bertz CT molecular complexity index is 235. The number of rotatable bonds is 5. The highest BCUT2D eigenvalue weighted by Gasteiger charge is 2.20. The van der Waals surface area contributed by atoms with Gasteiger partial charge in [0.1, 0.15) is 0 Å². The summed E-state index contributed by atoms with van der Waals surface area (Å²) in [6.07, 6.45) is 8.79. The second-order valence-electron chi connectivity index (χ2n) is 5.21. The van der Waals surface area contributed by atoms with E-state index in [2.05, 4.69) is 12.2 Å². The van der Waals surface area contributed by atoms with E-state index in [1.54, 1.807) is 11.8 Å². The minimum absolute atomic E-state index is 0.0404. The van der Waals surface area contributed by atoms with Gasteiger partial charge in [0.05, 0.1) is 6.04 Å². The van der Waals surface area contributed by atoms with Gasteiger partial charge in [0, 0.05) is 6.04 Å². The molecule has 3 atom stereocenters. The van der Waals surface area contributed by atoms with Crippen LogP contribution in [-0.2, 0) is 4.79 Å². The van der Waals surface area contributed by atoms with Gasteiger partial charge >= 0.3 is 0 Å². The maximum absolute atomic E-state index is 11.9. The highest BCUT2D eigenvalue weighted by Crippen LogP contribution is 2.22. The summed E-state index contributed by atoms with van der Waals surface area (Å²) in [7, 11) is 0. The Labute approximate surface area is 109 Å². The van der Waals surface area contributed by atoms with E-state index in [0.717, 1.165) is 30.9 Å².